The molecule has 1 amide bonds. The standard InChI is InChI=1S/C20H31BN2O6S/c1-18(2,3)27-17(24)23-12-13-9-10-14(22-30(8,25)26)11-15(13)16(23)21-28-19(4,5)20(6,7)29-21/h9-11,16,22H,12H2,1-8H3. The molecule has 1 saturated heterocycles. The topological polar surface area (TPSA) is 94.2 Å². The molecule has 166 valence electrons. The molecule has 2 aliphatic heterocycles. The van der Waals surface area contributed by atoms with E-state index in [9.17, 15) is 13.2 Å². The van der Waals surface area contributed by atoms with Crippen LogP contribution in [-0.4, -0.2) is 49.6 Å². The SMILES string of the molecule is CC(C)(C)OC(=O)N1Cc2ccc(NS(C)(=O)=O)cc2C1B1OC(C)(C)C(C)(C)O1. The maximum absolute atomic E-state index is 13.0. The third kappa shape index (κ3) is 4.60. The molecule has 1 unspecified atom stereocenters. The van der Waals surface area contributed by atoms with Crippen LogP contribution in [0.25, 0.3) is 0 Å². The van der Waals surface area contributed by atoms with E-state index in [1.54, 1.807) is 17.0 Å². The number of benzene rings is 1. The highest BCUT2D eigenvalue weighted by Crippen LogP contribution is 2.46. The third-order valence-electron chi connectivity index (χ3n) is 5.60. The fourth-order valence-corrected chi connectivity index (χ4v) is 4.11. The van der Waals surface area contributed by atoms with Crippen LogP contribution in [0.1, 0.15) is 65.5 Å². The normalized spacial score (nSPS) is 22.7. The van der Waals surface area contributed by atoms with E-state index in [4.69, 9.17) is 14.0 Å². The van der Waals surface area contributed by atoms with Crippen molar-refractivity contribution in [3.05, 3.63) is 29.3 Å². The van der Waals surface area contributed by atoms with E-state index in [1.165, 1.54) is 0 Å². The highest BCUT2D eigenvalue weighted by atomic mass is 32.2. The summed E-state index contributed by atoms with van der Waals surface area (Å²) in [5.41, 5.74) is 0.261. The molecule has 8 nitrogen and oxygen atoms in total. The molecule has 1 aromatic rings. The molecule has 0 spiro atoms. The Balaban J connectivity index is 2.02. The Kier molecular flexibility index (Phi) is 5.45. The lowest BCUT2D eigenvalue weighted by Crippen LogP contribution is -2.43. The molecule has 2 heterocycles. The zero-order valence-corrected chi connectivity index (χ0v) is 19.7. The van der Waals surface area contributed by atoms with Crippen molar-refractivity contribution in [3.63, 3.8) is 0 Å². The van der Waals surface area contributed by atoms with Gasteiger partial charge in [0.1, 0.15) is 5.60 Å². The summed E-state index contributed by atoms with van der Waals surface area (Å²) in [4.78, 5) is 14.6. The van der Waals surface area contributed by atoms with E-state index in [-0.39, 0.29) is 0 Å². The van der Waals surface area contributed by atoms with Gasteiger partial charge in [0.25, 0.3) is 0 Å². The van der Waals surface area contributed by atoms with E-state index in [2.05, 4.69) is 4.72 Å². The van der Waals surface area contributed by atoms with Gasteiger partial charge in [-0.15, -0.1) is 0 Å². The minimum Gasteiger partial charge on any atom is -0.444 e. The maximum Gasteiger partial charge on any atom is 0.487 e. The van der Waals surface area contributed by atoms with Crippen LogP contribution in [0.4, 0.5) is 10.5 Å². The zero-order chi connectivity index (χ0) is 22.7. The summed E-state index contributed by atoms with van der Waals surface area (Å²) in [5.74, 6) is -0.572. The second-order valence-corrected chi connectivity index (χ2v) is 11.7. The van der Waals surface area contributed by atoms with Gasteiger partial charge in [-0.2, -0.15) is 0 Å². The van der Waals surface area contributed by atoms with E-state index >= 15 is 0 Å². The quantitative estimate of drug-likeness (QED) is 0.727. The number of sulfonamides is 1. The van der Waals surface area contributed by atoms with E-state index in [0.29, 0.717) is 12.2 Å². The largest absolute Gasteiger partial charge is 0.487 e. The molecular formula is C20H31BN2O6S. The van der Waals surface area contributed by atoms with Gasteiger partial charge in [0.15, 0.2) is 0 Å². The smallest absolute Gasteiger partial charge is 0.444 e. The number of anilines is 1. The Morgan fingerprint density at radius 1 is 1.20 bits per heavy atom. The van der Waals surface area contributed by atoms with Gasteiger partial charge in [0.05, 0.1) is 23.4 Å². The number of nitrogens with zero attached hydrogens (tertiary/aromatic N) is 1. The van der Waals surface area contributed by atoms with Gasteiger partial charge in [-0.1, -0.05) is 6.07 Å². The Morgan fingerprint density at radius 3 is 2.27 bits per heavy atom. The number of hydrogen-bond acceptors (Lipinski definition) is 6. The van der Waals surface area contributed by atoms with E-state index in [1.807, 2.05) is 54.5 Å². The monoisotopic (exact) mass is 438 g/mol. The van der Waals surface area contributed by atoms with Gasteiger partial charge >= 0.3 is 13.2 Å². The minimum atomic E-state index is -3.44. The number of carbonyl (C=O) groups is 1. The molecule has 30 heavy (non-hydrogen) atoms. The molecular weight excluding hydrogens is 407 g/mol. The van der Waals surface area contributed by atoms with Gasteiger partial charge in [-0.3, -0.25) is 9.62 Å². The number of hydrogen-bond donors (Lipinski definition) is 1. The first-order valence-corrected chi connectivity index (χ1v) is 11.8. The lowest BCUT2D eigenvalue weighted by atomic mass is 9.74. The van der Waals surface area contributed by atoms with Crippen LogP contribution in [0.5, 0.6) is 0 Å². The molecule has 1 atom stereocenters. The van der Waals surface area contributed by atoms with Crippen LogP contribution in [-0.2, 0) is 30.6 Å². The van der Waals surface area contributed by atoms with Crippen LogP contribution >= 0.6 is 0 Å². The molecule has 0 aliphatic carbocycles. The summed E-state index contributed by atoms with van der Waals surface area (Å²) < 4.78 is 44.0. The van der Waals surface area contributed by atoms with E-state index in [0.717, 1.165) is 17.4 Å². The van der Waals surface area contributed by atoms with Crippen molar-refractivity contribution >= 4 is 28.9 Å². The lowest BCUT2D eigenvalue weighted by molar-refractivity contribution is 0.00578. The summed E-state index contributed by atoms with van der Waals surface area (Å²) in [6.07, 6.45) is 0.620. The molecule has 1 aromatic carbocycles. The maximum atomic E-state index is 13.0. The third-order valence-corrected chi connectivity index (χ3v) is 6.21. The van der Waals surface area contributed by atoms with Crippen LogP contribution in [0.15, 0.2) is 18.2 Å². The molecule has 0 saturated carbocycles. The van der Waals surface area contributed by atoms with Crippen LogP contribution < -0.4 is 4.72 Å². The first-order chi connectivity index (χ1) is 13.5. The molecule has 0 bridgehead atoms. The highest BCUT2D eigenvalue weighted by Gasteiger charge is 2.57. The van der Waals surface area contributed by atoms with Crippen molar-refractivity contribution < 1.29 is 27.3 Å². The number of carbonyl (C=O) groups excluding carboxylic acids is 1. The van der Waals surface area contributed by atoms with Gasteiger partial charge < -0.3 is 14.0 Å². The van der Waals surface area contributed by atoms with Crippen LogP contribution in [0, 0.1) is 0 Å². The van der Waals surface area contributed by atoms with Crippen molar-refractivity contribution in [2.75, 3.05) is 11.0 Å². The highest BCUT2D eigenvalue weighted by molar-refractivity contribution is 7.92. The Labute approximate surface area is 179 Å². The number of fused-ring (bicyclic) bond motifs is 1. The van der Waals surface area contributed by atoms with Gasteiger partial charge in [0.2, 0.25) is 10.0 Å². The predicted octanol–water partition coefficient (Wildman–Crippen LogP) is 3.48. The average Bonchev–Trinajstić information content (AvgIpc) is 2.98. The molecule has 0 aromatic heterocycles. The summed E-state index contributed by atoms with van der Waals surface area (Å²) in [5, 5.41) is 0. The van der Waals surface area contributed by atoms with Crippen LogP contribution in [0.3, 0.4) is 0 Å². The first-order valence-electron chi connectivity index (χ1n) is 9.95. The summed E-state index contributed by atoms with van der Waals surface area (Å²) in [6, 6.07) is 5.22. The Morgan fingerprint density at radius 2 is 1.77 bits per heavy atom. The zero-order valence-electron chi connectivity index (χ0n) is 18.9. The number of amides is 1. The Bertz CT molecular complexity index is 939. The van der Waals surface area contributed by atoms with Crippen molar-refractivity contribution in [1.82, 2.24) is 4.90 Å². The van der Waals surface area contributed by atoms with E-state index < -0.39 is 46.0 Å². The summed E-state index contributed by atoms with van der Waals surface area (Å²) in [7, 11) is -4.16. The van der Waals surface area contributed by atoms with Gasteiger partial charge in [-0.25, -0.2) is 13.2 Å². The molecule has 10 heteroatoms. The van der Waals surface area contributed by atoms with Crippen molar-refractivity contribution in [3.8, 4) is 0 Å². The van der Waals surface area contributed by atoms with Crippen molar-refractivity contribution in [1.29, 1.82) is 0 Å². The average molecular weight is 438 g/mol. The first kappa shape index (κ1) is 22.9. The predicted molar refractivity (Wildman–Crippen MR) is 116 cm³/mol. The van der Waals surface area contributed by atoms with Crippen LogP contribution in [0.2, 0.25) is 0 Å². The Hall–Kier alpha value is -1.78. The molecule has 1 fully saturated rings. The number of ether oxygens (including phenoxy) is 1. The van der Waals surface area contributed by atoms with Gasteiger partial charge in [0, 0.05) is 12.2 Å². The second kappa shape index (κ2) is 7.14. The molecule has 2 aliphatic rings. The second-order valence-electron chi connectivity index (χ2n) is 9.97. The van der Waals surface area contributed by atoms with Gasteiger partial charge in [-0.05, 0) is 71.7 Å². The fourth-order valence-electron chi connectivity index (χ4n) is 3.55. The minimum absolute atomic E-state index is 0.318. The summed E-state index contributed by atoms with van der Waals surface area (Å²) >= 11 is 0. The molecule has 1 N–H and O–H groups in total. The number of nitrogens with one attached hydrogen (secondary N) is 1. The number of rotatable bonds is 3. The van der Waals surface area contributed by atoms with Crippen molar-refractivity contribution in [2.24, 2.45) is 0 Å². The van der Waals surface area contributed by atoms with Crippen molar-refractivity contribution in [2.45, 2.75) is 77.8 Å². The molecule has 3 rings (SSSR count). The molecule has 0 radical (unpaired) electrons. The lowest BCUT2D eigenvalue weighted by Gasteiger charge is -2.32. The fraction of sp³-hybridized carbons (Fsp3) is 0.650. The summed E-state index contributed by atoms with van der Waals surface area (Å²) in [6.45, 7) is 13.5.